The van der Waals surface area contributed by atoms with Crippen molar-refractivity contribution in [3.63, 3.8) is 0 Å². The Kier molecular flexibility index (Phi) is 3.11. The van der Waals surface area contributed by atoms with Gasteiger partial charge >= 0.3 is 0 Å². The Morgan fingerprint density at radius 1 is 1.09 bits per heavy atom. The summed E-state index contributed by atoms with van der Waals surface area (Å²) in [4.78, 5) is 14.4. The average Bonchev–Trinajstić information content (AvgIpc) is 2.84. The van der Waals surface area contributed by atoms with Gasteiger partial charge in [0.15, 0.2) is 0 Å². The second-order valence-electron chi connectivity index (χ2n) is 6.54. The predicted octanol–water partition coefficient (Wildman–Crippen LogP) is 3.41. The minimum absolute atomic E-state index is 0.343. The lowest BCUT2D eigenvalue weighted by molar-refractivity contribution is 0.0966. The third kappa shape index (κ3) is 2.77. The molecule has 2 heterocycles. The van der Waals surface area contributed by atoms with E-state index in [0.29, 0.717) is 17.0 Å². The summed E-state index contributed by atoms with van der Waals surface area (Å²) in [6.07, 6.45) is 2.40. The molecule has 0 saturated carbocycles. The molecule has 1 fully saturated rings. The van der Waals surface area contributed by atoms with Crippen LogP contribution >= 0.6 is 0 Å². The summed E-state index contributed by atoms with van der Waals surface area (Å²) in [5.41, 5.74) is 4.24. The fourth-order valence-corrected chi connectivity index (χ4v) is 3.50. The van der Waals surface area contributed by atoms with Crippen LogP contribution in [-0.2, 0) is 6.50 Å². The first-order chi connectivity index (χ1) is 11.9. The first-order valence-electron chi connectivity index (χ1n) is 9.20. The Labute approximate surface area is 140 Å². The average molecular weight is 308 g/mol. The summed E-state index contributed by atoms with van der Waals surface area (Å²) in [7, 11) is 2.17. The highest BCUT2D eigenvalue weighted by Gasteiger charge is 2.20. The van der Waals surface area contributed by atoms with Crippen molar-refractivity contribution in [3.05, 3.63) is 59.2 Å². The van der Waals surface area contributed by atoms with Crippen molar-refractivity contribution < 1.29 is 7.54 Å². The summed E-state index contributed by atoms with van der Waals surface area (Å²) >= 11 is 0. The van der Waals surface area contributed by atoms with Crippen LogP contribution in [0.1, 0.15) is 43.0 Å². The standard InChI is InChI=1S/C20H22N2O/c1-22-10-8-16(9-11-22)14-2-4-15(5-3-14)17-6-7-18-13-21-20(23)19(18)12-17/h2-7,12,16H,8-11,13H2,1H3,(H,21,23)/i13D2. The maximum absolute atomic E-state index is 12.0. The van der Waals surface area contributed by atoms with E-state index in [1.807, 2.05) is 6.07 Å². The van der Waals surface area contributed by atoms with E-state index in [-0.39, 0.29) is 5.91 Å². The summed E-state index contributed by atoms with van der Waals surface area (Å²) in [5.74, 6) is 0.285. The Balaban J connectivity index is 1.59. The molecule has 0 radical (unpaired) electrons. The zero-order chi connectivity index (χ0) is 17.6. The third-order valence-electron chi connectivity index (χ3n) is 5.01. The number of carbonyl (C=O) groups is 1. The molecule has 0 unspecified atom stereocenters. The molecule has 2 aliphatic rings. The van der Waals surface area contributed by atoms with Crippen molar-refractivity contribution in [3.8, 4) is 11.1 Å². The van der Waals surface area contributed by atoms with E-state index in [1.54, 1.807) is 12.1 Å². The van der Waals surface area contributed by atoms with Crippen molar-refractivity contribution in [2.24, 2.45) is 0 Å². The smallest absolute Gasteiger partial charge is 0.251 e. The Morgan fingerprint density at radius 2 is 1.78 bits per heavy atom. The van der Waals surface area contributed by atoms with Crippen LogP contribution in [0.15, 0.2) is 42.5 Å². The van der Waals surface area contributed by atoms with Crippen LogP contribution in [0.3, 0.4) is 0 Å². The number of amides is 1. The number of rotatable bonds is 2. The van der Waals surface area contributed by atoms with Crippen LogP contribution in [-0.4, -0.2) is 30.9 Å². The molecule has 4 rings (SSSR count). The van der Waals surface area contributed by atoms with Crippen molar-refractivity contribution in [2.75, 3.05) is 20.1 Å². The number of carbonyl (C=O) groups excluding carboxylic acids is 1. The quantitative estimate of drug-likeness (QED) is 0.922. The predicted molar refractivity (Wildman–Crippen MR) is 92.5 cm³/mol. The summed E-state index contributed by atoms with van der Waals surface area (Å²) in [6, 6.07) is 14.0. The monoisotopic (exact) mass is 308 g/mol. The molecule has 1 saturated heterocycles. The number of piperidine rings is 1. The highest BCUT2D eigenvalue weighted by atomic mass is 16.1. The van der Waals surface area contributed by atoms with E-state index in [0.717, 1.165) is 24.2 Å². The van der Waals surface area contributed by atoms with Gasteiger partial charge in [0, 0.05) is 12.1 Å². The zero-order valence-electron chi connectivity index (χ0n) is 15.3. The van der Waals surface area contributed by atoms with E-state index in [1.165, 1.54) is 18.4 Å². The summed E-state index contributed by atoms with van der Waals surface area (Å²) in [6.45, 7) is 0.519. The summed E-state index contributed by atoms with van der Waals surface area (Å²) in [5, 5.41) is 2.38. The van der Waals surface area contributed by atoms with Crippen LogP contribution in [0.25, 0.3) is 11.1 Å². The van der Waals surface area contributed by atoms with Crippen molar-refractivity contribution in [2.45, 2.75) is 25.3 Å². The lowest BCUT2D eigenvalue weighted by Crippen LogP contribution is -2.29. The normalized spacial score (nSPS) is 22.2. The first kappa shape index (κ1) is 12.3. The van der Waals surface area contributed by atoms with Crippen LogP contribution in [0.2, 0.25) is 0 Å². The highest BCUT2D eigenvalue weighted by Crippen LogP contribution is 2.30. The van der Waals surface area contributed by atoms with E-state index in [9.17, 15) is 4.79 Å². The number of hydrogen-bond donors (Lipinski definition) is 1. The second-order valence-corrected chi connectivity index (χ2v) is 6.54. The van der Waals surface area contributed by atoms with Gasteiger partial charge in [0.25, 0.3) is 5.91 Å². The molecular weight excluding hydrogens is 284 g/mol. The van der Waals surface area contributed by atoms with E-state index < -0.39 is 6.50 Å². The number of nitrogens with one attached hydrogen (secondary N) is 1. The van der Waals surface area contributed by atoms with Crippen molar-refractivity contribution in [1.29, 1.82) is 0 Å². The van der Waals surface area contributed by atoms with Crippen molar-refractivity contribution >= 4 is 5.91 Å². The SMILES string of the molecule is [2H]C1([2H])NC(=O)c2cc(-c3ccc(C4CCN(C)CC4)cc3)ccc21. The Bertz CT molecular complexity index is 809. The van der Waals surface area contributed by atoms with Gasteiger partial charge in [0.2, 0.25) is 0 Å². The minimum atomic E-state index is -1.77. The molecule has 0 aromatic heterocycles. The zero-order valence-corrected chi connectivity index (χ0v) is 13.3. The van der Waals surface area contributed by atoms with Crippen LogP contribution in [0.5, 0.6) is 0 Å². The molecule has 0 bridgehead atoms. The fourth-order valence-electron chi connectivity index (χ4n) is 3.50. The van der Waals surface area contributed by atoms with Crippen molar-refractivity contribution in [1.82, 2.24) is 10.2 Å². The van der Waals surface area contributed by atoms with E-state index in [2.05, 4.69) is 41.5 Å². The largest absolute Gasteiger partial charge is 0.348 e. The maximum atomic E-state index is 12.0. The van der Waals surface area contributed by atoms with Gasteiger partial charge in [-0.25, -0.2) is 0 Å². The molecule has 0 aliphatic carbocycles. The first-order valence-corrected chi connectivity index (χ1v) is 8.20. The molecule has 1 amide bonds. The number of benzene rings is 2. The van der Waals surface area contributed by atoms with Gasteiger partial charge in [-0.05, 0) is 67.2 Å². The van der Waals surface area contributed by atoms with Gasteiger partial charge < -0.3 is 10.2 Å². The van der Waals surface area contributed by atoms with Crippen LogP contribution < -0.4 is 5.32 Å². The van der Waals surface area contributed by atoms with E-state index >= 15 is 0 Å². The lowest BCUT2D eigenvalue weighted by Gasteiger charge is -2.29. The number of hydrogen-bond acceptors (Lipinski definition) is 2. The molecule has 3 heteroatoms. The molecule has 2 aromatic carbocycles. The molecular formula is C20H22N2O. The molecule has 2 aromatic rings. The fraction of sp³-hybridized carbons (Fsp3) is 0.350. The van der Waals surface area contributed by atoms with Crippen LogP contribution in [0, 0.1) is 0 Å². The molecule has 1 N–H and O–H groups in total. The topological polar surface area (TPSA) is 32.3 Å². The second kappa shape index (κ2) is 5.82. The molecule has 118 valence electrons. The van der Waals surface area contributed by atoms with Gasteiger partial charge in [0.05, 0.1) is 2.74 Å². The Hall–Kier alpha value is -2.13. The highest BCUT2D eigenvalue weighted by molar-refractivity contribution is 5.99. The van der Waals surface area contributed by atoms with Gasteiger partial charge in [0.1, 0.15) is 0 Å². The molecule has 2 aliphatic heterocycles. The third-order valence-corrected chi connectivity index (χ3v) is 5.01. The Morgan fingerprint density at radius 3 is 2.52 bits per heavy atom. The van der Waals surface area contributed by atoms with Gasteiger partial charge in [-0.1, -0.05) is 36.4 Å². The minimum Gasteiger partial charge on any atom is -0.348 e. The number of fused-ring (bicyclic) bond motifs is 1. The van der Waals surface area contributed by atoms with E-state index in [4.69, 9.17) is 2.74 Å². The number of likely N-dealkylation sites (tertiary alicyclic amines) is 1. The molecule has 3 nitrogen and oxygen atoms in total. The summed E-state index contributed by atoms with van der Waals surface area (Å²) < 4.78 is 15.7. The lowest BCUT2D eigenvalue weighted by atomic mass is 9.88. The van der Waals surface area contributed by atoms with Crippen LogP contribution in [0.4, 0.5) is 0 Å². The number of nitrogens with zero attached hydrogens (tertiary/aromatic N) is 1. The maximum Gasteiger partial charge on any atom is 0.251 e. The molecule has 0 spiro atoms. The van der Waals surface area contributed by atoms with Gasteiger partial charge in [-0.3, -0.25) is 4.79 Å². The molecule has 23 heavy (non-hydrogen) atoms. The van der Waals surface area contributed by atoms with Gasteiger partial charge in [-0.15, -0.1) is 0 Å². The molecule has 0 atom stereocenters. The van der Waals surface area contributed by atoms with Gasteiger partial charge in [-0.2, -0.15) is 0 Å².